The molecule has 1 fully saturated rings. The number of hydrogen-bond donors (Lipinski definition) is 1. The largest absolute Gasteiger partial charge is 0.508 e. The number of phenolic OH excluding ortho intramolecular Hbond substituents is 1. The van der Waals surface area contributed by atoms with Crippen molar-refractivity contribution in [3.63, 3.8) is 0 Å². The SMILES string of the molecule is O=S(=O)(c1cccs1)N1CCN(c2ccc(O)cc2)[C@@H](Cc2cccc(F)c2)C1. The highest BCUT2D eigenvalue weighted by Gasteiger charge is 2.35. The summed E-state index contributed by atoms with van der Waals surface area (Å²) in [5, 5.41) is 11.3. The lowest BCUT2D eigenvalue weighted by Gasteiger charge is -2.42. The fourth-order valence-corrected chi connectivity index (χ4v) is 6.29. The summed E-state index contributed by atoms with van der Waals surface area (Å²) >= 11 is 1.21. The van der Waals surface area contributed by atoms with Gasteiger partial charge in [0.25, 0.3) is 10.0 Å². The maximum Gasteiger partial charge on any atom is 0.252 e. The molecule has 0 bridgehead atoms. The zero-order valence-corrected chi connectivity index (χ0v) is 17.2. The van der Waals surface area contributed by atoms with E-state index in [0.29, 0.717) is 30.3 Å². The van der Waals surface area contributed by atoms with Crippen LogP contribution in [0, 0.1) is 5.82 Å². The summed E-state index contributed by atoms with van der Waals surface area (Å²) < 4.78 is 41.6. The molecule has 3 aromatic rings. The van der Waals surface area contributed by atoms with E-state index >= 15 is 0 Å². The van der Waals surface area contributed by atoms with E-state index in [1.54, 1.807) is 35.7 Å². The third-order valence-electron chi connectivity index (χ3n) is 5.08. The van der Waals surface area contributed by atoms with Gasteiger partial charge >= 0.3 is 0 Å². The Hall–Kier alpha value is -2.42. The number of hydrogen-bond acceptors (Lipinski definition) is 5. The van der Waals surface area contributed by atoms with Crippen molar-refractivity contribution in [2.45, 2.75) is 16.7 Å². The number of piperazine rings is 1. The number of thiophene rings is 1. The Kier molecular flexibility index (Phi) is 5.58. The molecule has 1 atom stereocenters. The van der Waals surface area contributed by atoms with Gasteiger partial charge in [0.1, 0.15) is 15.8 Å². The van der Waals surface area contributed by atoms with E-state index in [1.165, 1.54) is 27.8 Å². The second-order valence-corrected chi connectivity index (χ2v) is 10.1. The predicted molar refractivity (Wildman–Crippen MR) is 112 cm³/mol. The fourth-order valence-electron chi connectivity index (χ4n) is 3.68. The summed E-state index contributed by atoms with van der Waals surface area (Å²) in [4.78, 5) is 2.13. The summed E-state index contributed by atoms with van der Waals surface area (Å²) in [6, 6.07) is 16.5. The third-order valence-corrected chi connectivity index (χ3v) is 8.31. The Morgan fingerprint density at radius 2 is 1.86 bits per heavy atom. The van der Waals surface area contributed by atoms with Gasteiger partial charge in [0.05, 0.1) is 0 Å². The zero-order valence-electron chi connectivity index (χ0n) is 15.6. The molecule has 5 nitrogen and oxygen atoms in total. The van der Waals surface area contributed by atoms with E-state index < -0.39 is 10.0 Å². The van der Waals surface area contributed by atoms with Crippen LogP contribution in [0.2, 0.25) is 0 Å². The van der Waals surface area contributed by atoms with Gasteiger partial charge in [-0.05, 0) is 59.8 Å². The average Bonchev–Trinajstić information content (AvgIpc) is 3.24. The van der Waals surface area contributed by atoms with E-state index in [-0.39, 0.29) is 17.6 Å². The van der Waals surface area contributed by atoms with Crippen LogP contribution in [0.3, 0.4) is 0 Å². The van der Waals surface area contributed by atoms with E-state index in [9.17, 15) is 17.9 Å². The highest BCUT2D eigenvalue weighted by Crippen LogP contribution is 2.29. The third kappa shape index (κ3) is 4.29. The molecule has 8 heteroatoms. The molecule has 152 valence electrons. The van der Waals surface area contributed by atoms with Crippen molar-refractivity contribution in [3.8, 4) is 5.75 Å². The van der Waals surface area contributed by atoms with Gasteiger partial charge in [-0.2, -0.15) is 4.31 Å². The molecular formula is C21H21FN2O3S2. The molecule has 29 heavy (non-hydrogen) atoms. The van der Waals surface area contributed by atoms with Gasteiger partial charge in [-0.15, -0.1) is 11.3 Å². The number of benzene rings is 2. The maximum atomic E-state index is 13.7. The Bertz CT molecular complexity index is 1070. The second kappa shape index (κ2) is 8.14. The number of anilines is 1. The number of aromatic hydroxyl groups is 1. The lowest BCUT2D eigenvalue weighted by atomic mass is 10.0. The van der Waals surface area contributed by atoms with Gasteiger partial charge in [-0.25, -0.2) is 12.8 Å². The first-order chi connectivity index (χ1) is 13.9. The van der Waals surface area contributed by atoms with Crippen molar-refractivity contribution in [2.75, 3.05) is 24.5 Å². The summed E-state index contributed by atoms with van der Waals surface area (Å²) in [6.07, 6.45) is 0.509. The van der Waals surface area contributed by atoms with Crippen molar-refractivity contribution >= 4 is 27.0 Å². The molecule has 0 saturated carbocycles. The molecule has 4 rings (SSSR count). The van der Waals surface area contributed by atoms with Crippen LogP contribution in [0.4, 0.5) is 10.1 Å². The topological polar surface area (TPSA) is 60.9 Å². The molecule has 1 saturated heterocycles. The van der Waals surface area contributed by atoms with Gasteiger partial charge in [0.2, 0.25) is 0 Å². The van der Waals surface area contributed by atoms with E-state index in [2.05, 4.69) is 4.90 Å². The van der Waals surface area contributed by atoms with Crippen LogP contribution in [-0.4, -0.2) is 43.5 Å². The van der Waals surface area contributed by atoms with Gasteiger partial charge < -0.3 is 10.0 Å². The lowest BCUT2D eigenvalue weighted by molar-refractivity contribution is 0.331. The average molecular weight is 433 g/mol. The molecule has 1 aromatic heterocycles. The minimum atomic E-state index is -3.55. The van der Waals surface area contributed by atoms with Crippen molar-refractivity contribution in [1.29, 1.82) is 0 Å². The molecule has 0 aliphatic carbocycles. The molecule has 1 N–H and O–H groups in total. The first-order valence-electron chi connectivity index (χ1n) is 9.27. The predicted octanol–water partition coefficient (Wildman–Crippen LogP) is 3.72. The summed E-state index contributed by atoms with van der Waals surface area (Å²) in [7, 11) is -3.55. The Morgan fingerprint density at radius 1 is 1.07 bits per heavy atom. The number of phenols is 1. The number of sulfonamides is 1. The number of halogens is 1. The van der Waals surface area contributed by atoms with Crippen LogP contribution in [0.25, 0.3) is 0 Å². The lowest BCUT2D eigenvalue weighted by Crippen LogP contribution is -2.55. The molecule has 0 amide bonds. The summed E-state index contributed by atoms with van der Waals surface area (Å²) in [5.74, 6) is -0.133. The minimum Gasteiger partial charge on any atom is -0.508 e. The Morgan fingerprint density at radius 3 is 2.55 bits per heavy atom. The number of nitrogens with zero attached hydrogens (tertiary/aromatic N) is 2. The van der Waals surface area contributed by atoms with Crippen molar-refractivity contribution < 1.29 is 17.9 Å². The van der Waals surface area contributed by atoms with Crippen LogP contribution in [-0.2, 0) is 16.4 Å². The van der Waals surface area contributed by atoms with Gasteiger partial charge in [-0.3, -0.25) is 0 Å². The first-order valence-corrected chi connectivity index (χ1v) is 11.6. The normalized spacial score (nSPS) is 18.1. The summed E-state index contributed by atoms with van der Waals surface area (Å²) in [5.41, 5.74) is 1.71. The molecular weight excluding hydrogens is 411 g/mol. The Balaban J connectivity index is 1.64. The van der Waals surface area contributed by atoms with Crippen LogP contribution in [0.5, 0.6) is 5.75 Å². The van der Waals surface area contributed by atoms with Crippen LogP contribution in [0.15, 0.2) is 70.3 Å². The monoisotopic (exact) mass is 432 g/mol. The van der Waals surface area contributed by atoms with Crippen molar-refractivity contribution in [2.24, 2.45) is 0 Å². The van der Waals surface area contributed by atoms with E-state index in [0.717, 1.165) is 11.3 Å². The van der Waals surface area contributed by atoms with Gasteiger partial charge in [0.15, 0.2) is 0 Å². The highest BCUT2D eigenvalue weighted by atomic mass is 32.2. The Labute approximate surface area is 173 Å². The molecule has 0 unspecified atom stereocenters. The van der Waals surface area contributed by atoms with Crippen LogP contribution >= 0.6 is 11.3 Å². The molecule has 2 heterocycles. The van der Waals surface area contributed by atoms with Crippen molar-refractivity contribution in [1.82, 2.24) is 4.31 Å². The van der Waals surface area contributed by atoms with Crippen LogP contribution < -0.4 is 4.90 Å². The van der Waals surface area contributed by atoms with E-state index in [1.807, 2.05) is 18.2 Å². The van der Waals surface area contributed by atoms with Gasteiger partial charge in [-0.1, -0.05) is 18.2 Å². The smallest absolute Gasteiger partial charge is 0.252 e. The van der Waals surface area contributed by atoms with E-state index in [4.69, 9.17) is 0 Å². The molecule has 2 aromatic carbocycles. The first kappa shape index (κ1) is 19.9. The fraction of sp³-hybridized carbons (Fsp3) is 0.238. The quantitative estimate of drug-likeness (QED) is 0.668. The molecule has 0 radical (unpaired) electrons. The zero-order chi connectivity index (χ0) is 20.4. The molecule has 1 aliphatic heterocycles. The maximum absolute atomic E-state index is 13.7. The highest BCUT2D eigenvalue weighted by molar-refractivity contribution is 7.91. The molecule has 1 aliphatic rings. The standard InChI is InChI=1S/C21H21FN2O3S2/c22-17-4-1-3-16(13-17)14-19-15-23(29(26,27)21-5-2-12-28-21)10-11-24(19)18-6-8-20(25)9-7-18/h1-9,12-13,19,25H,10-11,14-15H2/t19-/m0/s1. The van der Waals surface area contributed by atoms with Gasteiger partial charge in [0, 0.05) is 31.4 Å². The number of rotatable bonds is 5. The van der Waals surface area contributed by atoms with Crippen LogP contribution in [0.1, 0.15) is 5.56 Å². The summed E-state index contributed by atoms with van der Waals surface area (Å²) in [6.45, 7) is 1.17. The van der Waals surface area contributed by atoms with Crippen molar-refractivity contribution in [3.05, 3.63) is 77.4 Å². The molecule has 0 spiro atoms. The minimum absolute atomic E-state index is 0.162. The second-order valence-electron chi connectivity index (χ2n) is 6.99.